The van der Waals surface area contributed by atoms with Crippen LogP contribution in [0.2, 0.25) is 0 Å². The summed E-state index contributed by atoms with van der Waals surface area (Å²) in [6.45, 7) is 0. The SMILES string of the molecule is c1ccc(-c2ccc(-c3nc(-c4cccc(-c5ccccc5-c5ccccc5)c4)nc(-c4ccccc4-c4ccccc4-c4ccccc4)n3)cc2)cc1. The van der Waals surface area contributed by atoms with E-state index in [0.717, 1.165) is 55.6 Å². The largest absolute Gasteiger partial charge is 0.208 e. The van der Waals surface area contributed by atoms with Crippen LogP contribution in [0, 0.1) is 0 Å². The van der Waals surface area contributed by atoms with Gasteiger partial charge in [-0.3, -0.25) is 0 Å². The lowest BCUT2D eigenvalue weighted by atomic mass is 9.91. The Hall–Kier alpha value is -7.23. The lowest BCUT2D eigenvalue weighted by Gasteiger charge is -2.15. The van der Waals surface area contributed by atoms with E-state index in [-0.39, 0.29) is 0 Å². The summed E-state index contributed by atoms with van der Waals surface area (Å²) in [6.07, 6.45) is 0. The Bertz CT molecular complexity index is 2690. The van der Waals surface area contributed by atoms with Gasteiger partial charge in [-0.25, -0.2) is 15.0 Å². The Morgan fingerprint density at radius 3 is 1.09 bits per heavy atom. The van der Waals surface area contributed by atoms with E-state index in [1.807, 2.05) is 6.07 Å². The average molecular weight is 690 g/mol. The zero-order valence-electron chi connectivity index (χ0n) is 29.5. The third-order valence-corrected chi connectivity index (χ3v) is 9.80. The van der Waals surface area contributed by atoms with Gasteiger partial charge in [-0.1, -0.05) is 206 Å². The van der Waals surface area contributed by atoms with E-state index in [1.54, 1.807) is 0 Å². The third kappa shape index (κ3) is 6.63. The summed E-state index contributed by atoms with van der Waals surface area (Å²) in [4.78, 5) is 15.6. The van der Waals surface area contributed by atoms with E-state index in [9.17, 15) is 0 Å². The van der Waals surface area contributed by atoms with Gasteiger partial charge in [-0.2, -0.15) is 0 Å². The van der Waals surface area contributed by atoms with Crippen LogP contribution in [0.5, 0.6) is 0 Å². The first-order chi connectivity index (χ1) is 26.8. The molecule has 0 aliphatic carbocycles. The molecule has 0 unspecified atom stereocenters. The molecule has 0 radical (unpaired) electrons. The van der Waals surface area contributed by atoms with Crippen molar-refractivity contribution in [2.45, 2.75) is 0 Å². The van der Waals surface area contributed by atoms with Gasteiger partial charge in [0.2, 0.25) is 0 Å². The fraction of sp³-hybridized carbons (Fsp3) is 0. The first-order valence-electron chi connectivity index (χ1n) is 18.2. The standard InChI is InChI=1S/C51H35N3/c1-4-17-36(18-5-1)37-31-33-40(34-32-37)49-52-50(42-24-16-23-41(35-42)45-27-11-10-25-43(45)38-19-6-2-7-20-38)54-51(53-49)48-30-15-14-29-47(48)46-28-13-12-26-44(46)39-21-8-3-9-22-39/h1-35H. The van der Waals surface area contributed by atoms with E-state index in [2.05, 4.69) is 206 Å². The molecule has 0 fully saturated rings. The van der Waals surface area contributed by atoms with E-state index in [4.69, 9.17) is 15.0 Å². The van der Waals surface area contributed by atoms with Crippen molar-refractivity contribution in [2.24, 2.45) is 0 Å². The molecule has 1 heterocycles. The summed E-state index contributed by atoms with van der Waals surface area (Å²) in [6, 6.07) is 74.0. The predicted octanol–water partition coefficient (Wildman–Crippen LogP) is 13.2. The van der Waals surface area contributed by atoms with Crippen LogP contribution in [0.4, 0.5) is 0 Å². The summed E-state index contributed by atoms with van der Waals surface area (Å²) >= 11 is 0. The van der Waals surface area contributed by atoms with Crippen molar-refractivity contribution in [3.63, 3.8) is 0 Å². The van der Waals surface area contributed by atoms with Crippen LogP contribution >= 0.6 is 0 Å². The Balaban J connectivity index is 1.21. The number of rotatable bonds is 8. The molecule has 3 nitrogen and oxygen atoms in total. The molecular weight excluding hydrogens is 655 g/mol. The number of benzene rings is 8. The van der Waals surface area contributed by atoms with Crippen LogP contribution < -0.4 is 0 Å². The summed E-state index contributed by atoms with van der Waals surface area (Å²) in [5.74, 6) is 1.86. The molecule has 8 aromatic carbocycles. The van der Waals surface area contributed by atoms with Crippen molar-refractivity contribution in [1.29, 1.82) is 0 Å². The normalized spacial score (nSPS) is 11.0. The number of hydrogen-bond donors (Lipinski definition) is 0. The zero-order chi connectivity index (χ0) is 36.1. The second-order valence-corrected chi connectivity index (χ2v) is 13.2. The molecule has 0 aliphatic heterocycles. The van der Waals surface area contributed by atoms with Gasteiger partial charge in [-0.05, 0) is 61.7 Å². The molecule has 0 amide bonds. The summed E-state index contributed by atoms with van der Waals surface area (Å²) in [5.41, 5.74) is 14.2. The Morgan fingerprint density at radius 1 is 0.185 bits per heavy atom. The quantitative estimate of drug-likeness (QED) is 0.159. The van der Waals surface area contributed by atoms with Crippen LogP contribution in [0.15, 0.2) is 212 Å². The Labute approximate surface area is 316 Å². The van der Waals surface area contributed by atoms with Crippen molar-refractivity contribution in [1.82, 2.24) is 15.0 Å². The molecule has 9 rings (SSSR count). The average Bonchev–Trinajstić information content (AvgIpc) is 3.27. The van der Waals surface area contributed by atoms with E-state index in [1.165, 1.54) is 16.7 Å². The van der Waals surface area contributed by atoms with Gasteiger partial charge in [0.1, 0.15) is 0 Å². The van der Waals surface area contributed by atoms with Gasteiger partial charge >= 0.3 is 0 Å². The highest BCUT2D eigenvalue weighted by molar-refractivity contribution is 5.91. The highest BCUT2D eigenvalue weighted by atomic mass is 15.0. The number of hydrogen-bond acceptors (Lipinski definition) is 3. The van der Waals surface area contributed by atoms with Crippen molar-refractivity contribution >= 4 is 0 Å². The number of aromatic nitrogens is 3. The maximum Gasteiger partial charge on any atom is 0.164 e. The number of nitrogens with zero attached hydrogens (tertiary/aromatic N) is 3. The molecule has 0 saturated carbocycles. The summed E-state index contributed by atoms with van der Waals surface area (Å²) < 4.78 is 0. The molecule has 0 saturated heterocycles. The van der Waals surface area contributed by atoms with E-state index >= 15 is 0 Å². The monoisotopic (exact) mass is 689 g/mol. The predicted molar refractivity (Wildman–Crippen MR) is 223 cm³/mol. The minimum Gasteiger partial charge on any atom is -0.208 e. The maximum atomic E-state index is 5.25. The molecular formula is C51H35N3. The third-order valence-electron chi connectivity index (χ3n) is 9.80. The second-order valence-electron chi connectivity index (χ2n) is 13.2. The summed E-state index contributed by atoms with van der Waals surface area (Å²) in [5, 5.41) is 0. The molecule has 0 N–H and O–H groups in total. The highest BCUT2D eigenvalue weighted by Gasteiger charge is 2.18. The van der Waals surface area contributed by atoms with Crippen molar-refractivity contribution in [2.75, 3.05) is 0 Å². The molecule has 254 valence electrons. The van der Waals surface area contributed by atoms with Crippen molar-refractivity contribution in [3.05, 3.63) is 212 Å². The van der Waals surface area contributed by atoms with Crippen LogP contribution in [-0.2, 0) is 0 Å². The van der Waals surface area contributed by atoms with E-state index < -0.39 is 0 Å². The van der Waals surface area contributed by atoms with Crippen molar-refractivity contribution in [3.8, 4) is 89.8 Å². The van der Waals surface area contributed by atoms with Gasteiger partial charge in [0.15, 0.2) is 17.5 Å². The smallest absolute Gasteiger partial charge is 0.164 e. The van der Waals surface area contributed by atoms with Gasteiger partial charge < -0.3 is 0 Å². The Morgan fingerprint density at radius 2 is 0.519 bits per heavy atom. The van der Waals surface area contributed by atoms with Crippen LogP contribution in [-0.4, -0.2) is 15.0 Å². The molecule has 0 spiro atoms. The summed E-state index contributed by atoms with van der Waals surface area (Å²) in [7, 11) is 0. The fourth-order valence-corrected chi connectivity index (χ4v) is 7.13. The maximum absolute atomic E-state index is 5.25. The minimum absolute atomic E-state index is 0.618. The highest BCUT2D eigenvalue weighted by Crippen LogP contribution is 2.39. The molecule has 54 heavy (non-hydrogen) atoms. The molecule has 0 bridgehead atoms. The van der Waals surface area contributed by atoms with Gasteiger partial charge in [0.05, 0.1) is 0 Å². The molecule has 1 aromatic heterocycles. The fourth-order valence-electron chi connectivity index (χ4n) is 7.13. The van der Waals surface area contributed by atoms with Crippen molar-refractivity contribution < 1.29 is 0 Å². The van der Waals surface area contributed by atoms with Gasteiger partial charge in [0.25, 0.3) is 0 Å². The second kappa shape index (κ2) is 14.8. The lowest BCUT2D eigenvalue weighted by Crippen LogP contribution is -2.01. The topological polar surface area (TPSA) is 38.7 Å². The molecule has 9 aromatic rings. The molecule has 0 atom stereocenters. The first kappa shape index (κ1) is 32.7. The van der Waals surface area contributed by atoms with E-state index in [0.29, 0.717) is 17.5 Å². The first-order valence-corrected chi connectivity index (χ1v) is 18.2. The van der Waals surface area contributed by atoms with Crippen LogP contribution in [0.1, 0.15) is 0 Å². The minimum atomic E-state index is 0.618. The molecule has 0 aliphatic rings. The molecule has 3 heteroatoms. The zero-order valence-corrected chi connectivity index (χ0v) is 29.5. The van der Waals surface area contributed by atoms with Gasteiger partial charge in [0, 0.05) is 16.7 Å². The lowest BCUT2D eigenvalue weighted by molar-refractivity contribution is 1.07. The van der Waals surface area contributed by atoms with Crippen LogP contribution in [0.25, 0.3) is 89.8 Å². The Kier molecular flexibility index (Phi) is 8.94. The van der Waals surface area contributed by atoms with Crippen LogP contribution in [0.3, 0.4) is 0 Å². The van der Waals surface area contributed by atoms with Gasteiger partial charge in [-0.15, -0.1) is 0 Å².